The number of carbonyl (C=O) groups excluding carboxylic acids is 1. The molecule has 0 unspecified atom stereocenters. The number of carbonyl (C=O) groups is 1. The van der Waals surface area contributed by atoms with Gasteiger partial charge in [0.15, 0.2) is 11.4 Å². The quantitative estimate of drug-likeness (QED) is 0.732. The number of hydrogen-bond acceptors (Lipinski definition) is 3. The fraction of sp³-hybridized carbons (Fsp3) is 0.167. The summed E-state index contributed by atoms with van der Waals surface area (Å²) in [5.74, 6) is -0.433. The lowest BCUT2D eigenvalue weighted by atomic mass is 9.90. The van der Waals surface area contributed by atoms with E-state index >= 15 is 0 Å². The molecule has 1 aliphatic carbocycles. The van der Waals surface area contributed by atoms with Crippen molar-refractivity contribution in [2.24, 2.45) is 0 Å². The maximum absolute atomic E-state index is 11.7. The van der Waals surface area contributed by atoms with Gasteiger partial charge >= 0.3 is 5.76 Å². The maximum atomic E-state index is 11.7. The van der Waals surface area contributed by atoms with E-state index in [0.717, 1.165) is 11.1 Å². The van der Waals surface area contributed by atoms with Crippen molar-refractivity contribution in [2.45, 2.75) is 13.3 Å². The number of H-pyrrole nitrogens is 1. The molecule has 2 aromatic rings. The van der Waals surface area contributed by atoms with Crippen LogP contribution >= 0.6 is 0 Å². The van der Waals surface area contributed by atoms with E-state index < -0.39 is 5.76 Å². The summed E-state index contributed by atoms with van der Waals surface area (Å²) in [6.45, 7) is 1.95. The Kier molecular flexibility index (Phi) is 1.68. The summed E-state index contributed by atoms with van der Waals surface area (Å²) in [5.41, 5.74) is 3.63. The van der Waals surface area contributed by atoms with E-state index in [-0.39, 0.29) is 5.78 Å². The van der Waals surface area contributed by atoms with E-state index in [1.807, 2.05) is 13.0 Å². The molecule has 16 heavy (non-hydrogen) atoms. The van der Waals surface area contributed by atoms with Crippen LogP contribution in [0.1, 0.15) is 29.3 Å². The van der Waals surface area contributed by atoms with Gasteiger partial charge in [0.2, 0.25) is 0 Å². The van der Waals surface area contributed by atoms with Crippen LogP contribution in [0.2, 0.25) is 0 Å². The molecule has 0 amide bonds. The molecule has 0 saturated heterocycles. The number of benzene rings is 1. The molecule has 4 nitrogen and oxygen atoms in total. The third-order valence-electron chi connectivity index (χ3n) is 2.88. The summed E-state index contributed by atoms with van der Waals surface area (Å²) in [4.78, 5) is 25.3. The minimum atomic E-state index is -0.494. The molecule has 1 N–H and O–H groups in total. The number of ketones is 1. The van der Waals surface area contributed by atoms with Crippen molar-refractivity contribution in [1.29, 1.82) is 0 Å². The van der Waals surface area contributed by atoms with Gasteiger partial charge in [0.05, 0.1) is 5.52 Å². The second kappa shape index (κ2) is 2.95. The van der Waals surface area contributed by atoms with Gasteiger partial charge in [0.1, 0.15) is 0 Å². The zero-order valence-corrected chi connectivity index (χ0v) is 8.66. The Bertz CT molecular complexity index is 688. The highest BCUT2D eigenvalue weighted by molar-refractivity contribution is 6.06. The summed E-state index contributed by atoms with van der Waals surface area (Å²) < 4.78 is 4.93. The predicted molar refractivity (Wildman–Crippen MR) is 59.4 cm³/mol. The number of Topliss-reactive ketones (excluding diaryl/α,β-unsaturated/α-hetero) is 1. The molecule has 0 aliphatic heterocycles. The fourth-order valence-corrected chi connectivity index (χ4v) is 2.02. The van der Waals surface area contributed by atoms with E-state index in [1.165, 1.54) is 0 Å². The third kappa shape index (κ3) is 1.16. The van der Waals surface area contributed by atoms with Gasteiger partial charge < -0.3 is 4.42 Å². The maximum Gasteiger partial charge on any atom is 0.417 e. The van der Waals surface area contributed by atoms with Crippen molar-refractivity contribution < 1.29 is 9.21 Å². The zero-order chi connectivity index (χ0) is 11.3. The van der Waals surface area contributed by atoms with Crippen molar-refractivity contribution in [3.05, 3.63) is 39.9 Å². The average Bonchev–Trinajstić information content (AvgIpc) is 2.61. The largest absolute Gasteiger partial charge is 0.417 e. The summed E-state index contributed by atoms with van der Waals surface area (Å²) in [5, 5.41) is 0. The minimum Gasteiger partial charge on any atom is -0.408 e. The first-order valence-corrected chi connectivity index (χ1v) is 5.02. The molecule has 1 aromatic heterocycles. The highest BCUT2D eigenvalue weighted by Gasteiger charge is 2.18. The second-order valence-corrected chi connectivity index (χ2v) is 3.92. The van der Waals surface area contributed by atoms with Gasteiger partial charge in [0, 0.05) is 12.0 Å². The molecular formula is C12H9NO3. The van der Waals surface area contributed by atoms with Crippen LogP contribution in [0.25, 0.3) is 16.7 Å². The molecule has 0 saturated carbocycles. The summed E-state index contributed by atoms with van der Waals surface area (Å²) in [6.07, 6.45) is 2.31. The normalized spacial score (nSPS) is 15.1. The second-order valence-electron chi connectivity index (χ2n) is 3.92. The Morgan fingerprint density at radius 2 is 2.06 bits per heavy atom. The van der Waals surface area contributed by atoms with Crippen LogP contribution in [0.3, 0.4) is 0 Å². The Hall–Kier alpha value is -2.10. The SMILES string of the molecule is CC1=CCC(=O)c2cc3oc(=O)[nH]c3cc21. The van der Waals surface area contributed by atoms with Gasteiger partial charge in [-0.25, -0.2) is 4.79 Å². The Morgan fingerprint density at radius 1 is 1.25 bits per heavy atom. The van der Waals surface area contributed by atoms with E-state index in [2.05, 4.69) is 4.98 Å². The van der Waals surface area contributed by atoms with Crippen LogP contribution in [0.15, 0.2) is 27.4 Å². The Labute approximate surface area is 90.6 Å². The summed E-state index contributed by atoms with van der Waals surface area (Å²) in [7, 11) is 0. The highest BCUT2D eigenvalue weighted by atomic mass is 16.4. The van der Waals surface area contributed by atoms with Gasteiger partial charge in [0.25, 0.3) is 0 Å². The number of aromatic amines is 1. The summed E-state index contributed by atoms with van der Waals surface area (Å²) in [6, 6.07) is 3.43. The van der Waals surface area contributed by atoms with E-state index in [1.54, 1.807) is 12.1 Å². The molecule has 1 aromatic carbocycles. The molecule has 0 fully saturated rings. The first-order chi connectivity index (χ1) is 7.65. The van der Waals surface area contributed by atoms with E-state index in [4.69, 9.17) is 4.42 Å². The summed E-state index contributed by atoms with van der Waals surface area (Å²) >= 11 is 0. The molecule has 80 valence electrons. The third-order valence-corrected chi connectivity index (χ3v) is 2.88. The number of fused-ring (bicyclic) bond motifs is 2. The topological polar surface area (TPSA) is 63.1 Å². The zero-order valence-electron chi connectivity index (χ0n) is 8.66. The standard InChI is InChI=1S/C12H9NO3/c1-6-2-3-10(14)8-5-11-9(4-7(6)8)13-12(15)16-11/h2,4-5H,3H2,1H3,(H,13,15). The monoisotopic (exact) mass is 215 g/mol. The first-order valence-electron chi connectivity index (χ1n) is 5.02. The predicted octanol–water partition coefficient (Wildman–Crippen LogP) is 2.11. The van der Waals surface area contributed by atoms with Crippen LogP contribution in [0.4, 0.5) is 0 Å². The van der Waals surface area contributed by atoms with Gasteiger partial charge in [-0.2, -0.15) is 0 Å². The van der Waals surface area contributed by atoms with E-state index in [0.29, 0.717) is 23.1 Å². The van der Waals surface area contributed by atoms with Crippen molar-refractivity contribution in [3.63, 3.8) is 0 Å². The lowest BCUT2D eigenvalue weighted by molar-refractivity contribution is 0.0994. The first kappa shape index (κ1) is 9.15. The van der Waals surface area contributed by atoms with Crippen LogP contribution < -0.4 is 5.76 Å². The molecule has 0 spiro atoms. The molecule has 1 aliphatic rings. The van der Waals surface area contributed by atoms with Crippen LogP contribution in [-0.4, -0.2) is 10.8 Å². The Balaban J connectivity index is 2.42. The number of allylic oxidation sites excluding steroid dienone is 2. The lowest BCUT2D eigenvalue weighted by Crippen LogP contribution is -2.06. The van der Waals surface area contributed by atoms with Crippen molar-refractivity contribution in [2.75, 3.05) is 0 Å². The van der Waals surface area contributed by atoms with E-state index in [9.17, 15) is 9.59 Å². The molecule has 0 atom stereocenters. The molecular weight excluding hydrogens is 206 g/mol. The number of aromatic nitrogens is 1. The molecule has 4 heteroatoms. The van der Waals surface area contributed by atoms with Crippen LogP contribution in [0, 0.1) is 0 Å². The minimum absolute atomic E-state index is 0.0614. The van der Waals surface area contributed by atoms with Crippen LogP contribution in [-0.2, 0) is 0 Å². The highest BCUT2D eigenvalue weighted by Crippen LogP contribution is 2.29. The van der Waals surface area contributed by atoms with Gasteiger partial charge in [-0.15, -0.1) is 0 Å². The number of oxazole rings is 1. The molecule has 0 bridgehead atoms. The number of nitrogens with one attached hydrogen (secondary N) is 1. The fourth-order valence-electron chi connectivity index (χ4n) is 2.02. The Morgan fingerprint density at radius 3 is 2.88 bits per heavy atom. The molecule has 3 rings (SSSR count). The molecule has 0 radical (unpaired) electrons. The van der Waals surface area contributed by atoms with Crippen molar-refractivity contribution >= 4 is 22.5 Å². The van der Waals surface area contributed by atoms with Gasteiger partial charge in [-0.05, 0) is 30.2 Å². The smallest absolute Gasteiger partial charge is 0.408 e. The number of rotatable bonds is 0. The molecule has 1 heterocycles. The average molecular weight is 215 g/mol. The number of hydrogen-bond donors (Lipinski definition) is 1. The van der Waals surface area contributed by atoms with Crippen molar-refractivity contribution in [1.82, 2.24) is 4.98 Å². The van der Waals surface area contributed by atoms with Crippen molar-refractivity contribution in [3.8, 4) is 0 Å². The van der Waals surface area contributed by atoms with Crippen LogP contribution in [0.5, 0.6) is 0 Å². The lowest BCUT2D eigenvalue weighted by Gasteiger charge is -2.13. The van der Waals surface area contributed by atoms with Gasteiger partial charge in [-0.1, -0.05) is 6.08 Å². The van der Waals surface area contributed by atoms with Gasteiger partial charge in [-0.3, -0.25) is 9.78 Å².